The molecule has 0 aromatic heterocycles. The lowest BCUT2D eigenvalue weighted by atomic mass is 9.76. The van der Waals surface area contributed by atoms with Gasteiger partial charge in [-0.05, 0) is 48.6 Å². The van der Waals surface area contributed by atoms with E-state index in [1.807, 2.05) is 18.2 Å². The van der Waals surface area contributed by atoms with E-state index in [-0.39, 0.29) is 0 Å². The highest BCUT2D eigenvalue weighted by Gasteiger charge is 2.33. The van der Waals surface area contributed by atoms with Crippen LogP contribution in [-0.4, -0.2) is 12.2 Å². The summed E-state index contributed by atoms with van der Waals surface area (Å²) < 4.78 is 5.29. The van der Waals surface area contributed by atoms with Gasteiger partial charge in [0.1, 0.15) is 5.75 Å². The number of aliphatic hydroxyl groups is 1. The van der Waals surface area contributed by atoms with Gasteiger partial charge in [0.25, 0.3) is 0 Å². The Bertz CT molecular complexity index is 633. The van der Waals surface area contributed by atoms with Gasteiger partial charge in [-0.2, -0.15) is 0 Å². The normalized spacial score (nSPS) is 21.4. The predicted molar refractivity (Wildman–Crippen MR) is 80.1 cm³/mol. The number of hydrogen-bond donors (Lipinski definition) is 1. The van der Waals surface area contributed by atoms with Crippen LogP contribution >= 0.6 is 0 Å². The molecule has 0 heterocycles. The third-order valence-electron chi connectivity index (χ3n) is 4.26. The van der Waals surface area contributed by atoms with E-state index in [0.29, 0.717) is 6.42 Å². The molecule has 0 spiro atoms. The van der Waals surface area contributed by atoms with Gasteiger partial charge in [-0.3, -0.25) is 0 Å². The lowest BCUT2D eigenvalue weighted by molar-refractivity contribution is 0.0221. The molecule has 0 amide bonds. The minimum absolute atomic E-state index is 0.656. The molecule has 1 aliphatic carbocycles. The van der Waals surface area contributed by atoms with Crippen LogP contribution in [-0.2, 0) is 18.4 Å². The fourth-order valence-electron chi connectivity index (χ4n) is 3.06. The summed E-state index contributed by atoms with van der Waals surface area (Å²) in [6, 6.07) is 14.4. The molecule has 1 atom stereocenters. The van der Waals surface area contributed by atoms with Gasteiger partial charge in [0.05, 0.1) is 12.7 Å². The van der Waals surface area contributed by atoms with Crippen molar-refractivity contribution >= 4 is 0 Å². The molecule has 2 nitrogen and oxygen atoms in total. The molecule has 2 aromatic rings. The Labute approximate surface area is 120 Å². The van der Waals surface area contributed by atoms with E-state index in [1.54, 1.807) is 7.11 Å². The molecule has 2 aromatic carbocycles. The van der Waals surface area contributed by atoms with E-state index in [9.17, 15) is 5.11 Å². The second-order valence-corrected chi connectivity index (χ2v) is 5.71. The summed E-state index contributed by atoms with van der Waals surface area (Å²) in [5.74, 6) is 0.859. The first-order chi connectivity index (χ1) is 9.60. The third-order valence-corrected chi connectivity index (χ3v) is 4.26. The first-order valence-corrected chi connectivity index (χ1v) is 7.06. The van der Waals surface area contributed by atoms with Gasteiger partial charge in [0, 0.05) is 6.42 Å². The number of ether oxygens (including phenoxy) is 1. The largest absolute Gasteiger partial charge is 0.497 e. The Balaban J connectivity index is 1.97. The summed E-state index contributed by atoms with van der Waals surface area (Å²) in [4.78, 5) is 0. The standard InChI is InChI=1S/C18H20O2/c1-13-4-3-5-16(10-13)18(19)9-8-14-6-7-17(20-2)11-15(14)12-18/h3-7,10-11,19H,8-9,12H2,1-2H3. The third kappa shape index (κ3) is 2.32. The van der Waals surface area contributed by atoms with Crippen LogP contribution in [0.3, 0.4) is 0 Å². The van der Waals surface area contributed by atoms with Gasteiger partial charge in [-0.15, -0.1) is 0 Å². The van der Waals surface area contributed by atoms with Crippen molar-refractivity contribution in [1.82, 2.24) is 0 Å². The van der Waals surface area contributed by atoms with Crippen molar-refractivity contribution < 1.29 is 9.84 Å². The fourth-order valence-corrected chi connectivity index (χ4v) is 3.06. The van der Waals surface area contributed by atoms with Crippen LogP contribution in [0.15, 0.2) is 42.5 Å². The molecule has 1 N–H and O–H groups in total. The average Bonchev–Trinajstić information content (AvgIpc) is 2.46. The van der Waals surface area contributed by atoms with E-state index >= 15 is 0 Å². The monoisotopic (exact) mass is 268 g/mol. The molecule has 0 saturated carbocycles. The molecule has 3 rings (SSSR count). The maximum Gasteiger partial charge on any atom is 0.119 e. The Hall–Kier alpha value is -1.80. The summed E-state index contributed by atoms with van der Waals surface area (Å²) in [7, 11) is 1.68. The van der Waals surface area contributed by atoms with Crippen molar-refractivity contribution in [3.63, 3.8) is 0 Å². The molecule has 1 unspecified atom stereocenters. The zero-order chi connectivity index (χ0) is 14.2. The fraction of sp³-hybridized carbons (Fsp3) is 0.333. The number of hydrogen-bond acceptors (Lipinski definition) is 2. The number of rotatable bonds is 2. The Morgan fingerprint density at radius 2 is 1.95 bits per heavy atom. The van der Waals surface area contributed by atoms with Gasteiger partial charge in [0.15, 0.2) is 0 Å². The van der Waals surface area contributed by atoms with Crippen molar-refractivity contribution in [3.8, 4) is 5.75 Å². The summed E-state index contributed by atoms with van der Waals surface area (Å²) >= 11 is 0. The Kier molecular flexibility index (Phi) is 3.27. The van der Waals surface area contributed by atoms with Crippen LogP contribution in [0.2, 0.25) is 0 Å². The van der Waals surface area contributed by atoms with Crippen molar-refractivity contribution in [2.45, 2.75) is 31.8 Å². The van der Waals surface area contributed by atoms with Crippen molar-refractivity contribution in [2.75, 3.05) is 7.11 Å². The number of aryl methyl sites for hydroxylation is 2. The highest BCUT2D eigenvalue weighted by molar-refractivity contribution is 5.41. The topological polar surface area (TPSA) is 29.5 Å². The van der Waals surface area contributed by atoms with Crippen LogP contribution in [0.1, 0.15) is 28.7 Å². The van der Waals surface area contributed by atoms with E-state index in [4.69, 9.17) is 4.74 Å². The van der Waals surface area contributed by atoms with Crippen LogP contribution in [0.4, 0.5) is 0 Å². The van der Waals surface area contributed by atoms with Gasteiger partial charge >= 0.3 is 0 Å². The van der Waals surface area contributed by atoms with Crippen molar-refractivity contribution in [1.29, 1.82) is 0 Å². The molecule has 20 heavy (non-hydrogen) atoms. The van der Waals surface area contributed by atoms with Crippen LogP contribution in [0.25, 0.3) is 0 Å². The van der Waals surface area contributed by atoms with E-state index < -0.39 is 5.60 Å². The van der Waals surface area contributed by atoms with Gasteiger partial charge in [-0.1, -0.05) is 35.9 Å². The van der Waals surface area contributed by atoms with E-state index in [0.717, 1.165) is 24.2 Å². The maximum atomic E-state index is 11.0. The SMILES string of the molecule is COc1ccc2c(c1)CC(O)(c1cccc(C)c1)CC2. The summed E-state index contributed by atoms with van der Waals surface area (Å²) in [5, 5.41) is 11.0. The van der Waals surface area contributed by atoms with Crippen molar-refractivity contribution in [3.05, 3.63) is 64.7 Å². The molecular weight excluding hydrogens is 248 g/mol. The van der Waals surface area contributed by atoms with E-state index in [2.05, 4.69) is 31.2 Å². The van der Waals surface area contributed by atoms with Gasteiger partial charge in [0.2, 0.25) is 0 Å². The second-order valence-electron chi connectivity index (χ2n) is 5.71. The highest BCUT2D eigenvalue weighted by Crippen LogP contribution is 2.37. The molecule has 0 aliphatic heterocycles. The number of benzene rings is 2. The molecule has 104 valence electrons. The zero-order valence-corrected chi connectivity index (χ0v) is 12.0. The quantitative estimate of drug-likeness (QED) is 0.904. The zero-order valence-electron chi connectivity index (χ0n) is 12.0. The molecular formula is C18H20O2. The Morgan fingerprint density at radius 1 is 1.10 bits per heavy atom. The lowest BCUT2D eigenvalue weighted by Gasteiger charge is -2.34. The molecule has 0 radical (unpaired) electrons. The summed E-state index contributed by atoms with van der Waals surface area (Å²) in [6.45, 7) is 2.06. The molecule has 1 aliphatic rings. The van der Waals surface area contributed by atoms with Crippen LogP contribution < -0.4 is 4.74 Å². The first kappa shape index (κ1) is 13.2. The highest BCUT2D eigenvalue weighted by atomic mass is 16.5. The van der Waals surface area contributed by atoms with Gasteiger partial charge in [-0.25, -0.2) is 0 Å². The predicted octanol–water partition coefficient (Wildman–Crippen LogP) is 3.38. The molecule has 0 bridgehead atoms. The average molecular weight is 268 g/mol. The Morgan fingerprint density at radius 3 is 2.70 bits per heavy atom. The first-order valence-electron chi connectivity index (χ1n) is 7.06. The van der Waals surface area contributed by atoms with Crippen molar-refractivity contribution in [2.24, 2.45) is 0 Å². The second kappa shape index (κ2) is 4.95. The van der Waals surface area contributed by atoms with Gasteiger partial charge < -0.3 is 9.84 Å². The maximum absolute atomic E-state index is 11.0. The lowest BCUT2D eigenvalue weighted by Crippen LogP contribution is -2.33. The molecule has 0 saturated heterocycles. The summed E-state index contributed by atoms with van der Waals surface area (Å²) in [6.07, 6.45) is 2.34. The number of methoxy groups -OCH3 is 1. The minimum Gasteiger partial charge on any atom is -0.497 e. The number of fused-ring (bicyclic) bond motifs is 1. The smallest absolute Gasteiger partial charge is 0.119 e. The van der Waals surface area contributed by atoms with E-state index in [1.165, 1.54) is 16.7 Å². The molecule has 0 fully saturated rings. The van der Waals surface area contributed by atoms with Crippen LogP contribution in [0.5, 0.6) is 5.75 Å². The summed E-state index contributed by atoms with van der Waals surface area (Å²) in [5.41, 5.74) is 3.96. The van der Waals surface area contributed by atoms with Crippen LogP contribution in [0, 0.1) is 6.92 Å². The molecule has 2 heteroatoms. The minimum atomic E-state index is -0.759.